The predicted molar refractivity (Wildman–Crippen MR) is 111 cm³/mol. The zero-order valence-electron chi connectivity index (χ0n) is 17.2. The summed E-state index contributed by atoms with van der Waals surface area (Å²) in [6, 6.07) is 0. The van der Waals surface area contributed by atoms with Crippen LogP contribution in [0, 0.1) is 23.7 Å². The van der Waals surface area contributed by atoms with Gasteiger partial charge in [-0.25, -0.2) is 0 Å². The van der Waals surface area contributed by atoms with Gasteiger partial charge >= 0.3 is 0 Å². The lowest BCUT2D eigenvalue weighted by Crippen LogP contribution is -2.40. The second kappa shape index (κ2) is 13.6. The van der Waals surface area contributed by atoms with Crippen LogP contribution in [0.2, 0.25) is 18.1 Å². The van der Waals surface area contributed by atoms with Crippen LogP contribution in [0.1, 0.15) is 91.9 Å². The number of rotatable bonds is 10. The van der Waals surface area contributed by atoms with E-state index in [0.717, 1.165) is 45.1 Å². The van der Waals surface area contributed by atoms with Crippen LogP contribution in [0.3, 0.4) is 0 Å². The van der Waals surface area contributed by atoms with Crippen molar-refractivity contribution in [3.8, 4) is 23.7 Å². The van der Waals surface area contributed by atoms with Gasteiger partial charge in [0.05, 0.1) is 0 Å². The van der Waals surface area contributed by atoms with E-state index in [2.05, 4.69) is 64.5 Å². The van der Waals surface area contributed by atoms with Crippen LogP contribution in [0.15, 0.2) is 0 Å². The van der Waals surface area contributed by atoms with Crippen molar-refractivity contribution in [1.82, 2.24) is 0 Å². The molecule has 0 heterocycles. The van der Waals surface area contributed by atoms with Gasteiger partial charge in [-0.15, -0.1) is 23.7 Å². The molecule has 0 N–H and O–H groups in total. The summed E-state index contributed by atoms with van der Waals surface area (Å²) in [5.74, 6) is 13.0. The van der Waals surface area contributed by atoms with Gasteiger partial charge in [-0.1, -0.05) is 47.0 Å². The van der Waals surface area contributed by atoms with Gasteiger partial charge in [0.2, 0.25) is 0 Å². The van der Waals surface area contributed by atoms with E-state index in [1.807, 2.05) is 0 Å². The maximum Gasteiger partial charge on any atom is 0.191 e. The van der Waals surface area contributed by atoms with Gasteiger partial charge in [0.25, 0.3) is 0 Å². The summed E-state index contributed by atoms with van der Waals surface area (Å²) in [4.78, 5) is 0. The Kier molecular flexibility index (Phi) is 13.2. The van der Waals surface area contributed by atoms with E-state index in [-0.39, 0.29) is 0 Å². The molecular formula is C22H40OSi. The molecule has 138 valence electrons. The molecule has 0 saturated heterocycles. The normalized spacial score (nSPS) is 11.4. The minimum absolute atomic E-state index is 0.309. The first-order chi connectivity index (χ1) is 11.3. The van der Waals surface area contributed by atoms with Gasteiger partial charge in [0.1, 0.15) is 0 Å². The average molecular weight is 349 g/mol. The van der Waals surface area contributed by atoms with E-state index in [0.29, 0.717) is 5.04 Å². The summed E-state index contributed by atoms with van der Waals surface area (Å²) >= 11 is 0. The topological polar surface area (TPSA) is 9.23 Å². The summed E-state index contributed by atoms with van der Waals surface area (Å²) in [6.45, 7) is 14.6. The molecule has 0 aliphatic heterocycles. The van der Waals surface area contributed by atoms with Gasteiger partial charge in [-0.05, 0) is 37.4 Å². The second-order valence-corrected chi connectivity index (χ2v) is 12.9. The molecule has 0 aromatic carbocycles. The van der Waals surface area contributed by atoms with Crippen molar-refractivity contribution in [2.45, 2.75) is 110 Å². The molecule has 2 heteroatoms. The monoisotopic (exact) mass is 348 g/mol. The standard InChI is InChI=1S/C22H40OSi/c1-7-8-9-10-11-12-13-14-15-16-17-18-19-20-21-23-24(5,6)22(2,3)4/h7-11,14-15,18-21H2,1-6H3. The molecule has 0 spiro atoms. The van der Waals surface area contributed by atoms with E-state index in [1.165, 1.54) is 25.7 Å². The highest BCUT2D eigenvalue weighted by atomic mass is 28.4. The van der Waals surface area contributed by atoms with Crippen LogP contribution in [-0.4, -0.2) is 14.9 Å². The fourth-order valence-electron chi connectivity index (χ4n) is 1.98. The smallest absolute Gasteiger partial charge is 0.191 e. The Hall–Kier alpha value is -0.703. The van der Waals surface area contributed by atoms with Crippen LogP contribution >= 0.6 is 0 Å². The fraction of sp³-hybridized carbons (Fsp3) is 0.818. The van der Waals surface area contributed by atoms with Crippen molar-refractivity contribution in [3.05, 3.63) is 0 Å². The van der Waals surface area contributed by atoms with Crippen molar-refractivity contribution in [2.24, 2.45) is 0 Å². The van der Waals surface area contributed by atoms with Crippen molar-refractivity contribution < 1.29 is 4.43 Å². The number of hydrogen-bond donors (Lipinski definition) is 0. The average Bonchev–Trinajstić information content (AvgIpc) is 2.50. The maximum absolute atomic E-state index is 6.17. The Labute approximate surface area is 153 Å². The van der Waals surface area contributed by atoms with Gasteiger partial charge in [0, 0.05) is 32.3 Å². The molecular weight excluding hydrogens is 308 g/mol. The Bertz CT molecular complexity index is 423. The Morgan fingerprint density at radius 1 is 0.708 bits per heavy atom. The zero-order valence-corrected chi connectivity index (χ0v) is 18.2. The predicted octanol–water partition coefficient (Wildman–Crippen LogP) is 6.94. The lowest BCUT2D eigenvalue weighted by molar-refractivity contribution is 0.280. The molecule has 1 nitrogen and oxygen atoms in total. The van der Waals surface area contributed by atoms with Crippen molar-refractivity contribution in [2.75, 3.05) is 6.61 Å². The van der Waals surface area contributed by atoms with Crippen LogP contribution in [0.5, 0.6) is 0 Å². The first-order valence-electron chi connectivity index (χ1n) is 9.86. The third-order valence-corrected chi connectivity index (χ3v) is 9.28. The fourth-order valence-corrected chi connectivity index (χ4v) is 3.07. The minimum atomic E-state index is -1.56. The highest BCUT2D eigenvalue weighted by Crippen LogP contribution is 2.36. The first-order valence-corrected chi connectivity index (χ1v) is 12.8. The highest BCUT2D eigenvalue weighted by molar-refractivity contribution is 6.74. The Morgan fingerprint density at radius 3 is 1.71 bits per heavy atom. The van der Waals surface area contributed by atoms with Crippen LogP contribution < -0.4 is 0 Å². The summed E-state index contributed by atoms with van der Waals surface area (Å²) in [7, 11) is -1.56. The first kappa shape index (κ1) is 23.3. The number of hydrogen-bond acceptors (Lipinski definition) is 1. The molecule has 0 radical (unpaired) electrons. The van der Waals surface area contributed by atoms with E-state index >= 15 is 0 Å². The number of unbranched alkanes of at least 4 members (excludes halogenated alkanes) is 7. The zero-order chi connectivity index (χ0) is 18.3. The molecule has 0 aromatic heterocycles. The summed E-state index contributed by atoms with van der Waals surface area (Å²) < 4.78 is 6.17. The van der Waals surface area contributed by atoms with Gasteiger partial charge in [-0.2, -0.15) is 0 Å². The van der Waals surface area contributed by atoms with Gasteiger partial charge in [0.15, 0.2) is 8.32 Å². The van der Waals surface area contributed by atoms with Crippen LogP contribution in [0.25, 0.3) is 0 Å². The maximum atomic E-state index is 6.17. The summed E-state index contributed by atoms with van der Waals surface area (Å²) in [6.07, 6.45) is 11.4. The van der Waals surface area contributed by atoms with Crippen molar-refractivity contribution in [3.63, 3.8) is 0 Å². The van der Waals surface area contributed by atoms with Gasteiger partial charge < -0.3 is 4.43 Å². The molecule has 0 saturated carbocycles. The lowest BCUT2D eigenvalue weighted by atomic mass is 10.1. The minimum Gasteiger partial charge on any atom is -0.417 e. The molecule has 0 aromatic rings. The van der Waals surface area contributed by atoms with E-state index in [9.17, 15) is 0 Å². The SMILES string of the molecule is CCCCCCC#CCCC#CCCCCO[Si](C)(C)C(C)(C)C. The Balaban J connectivity index is 3.55. The molecule has 0 amide bonds. The van der Waals surface area contributed by atoms with Crippen LogP contribution in [-0.2, 0) is 4.43 Å². The molecule has 0 fully saturated rings. The van der Waals surface area contributed by atoms with Gasteiger partial charge in [-0.3, -0.25) is 0 Å². The third kappa shape index (κ3) is 12.7. The van der Waals surface area contributed by atoms with E-state index in [1.54, 1.807) is 0 Å². The largest absolute Gasteiger partial charge is 0.417 e. The molecule has 0 atom stereocenters. The third-order valence-electron chi connectivity index (χ3n) is 4.75. The molecule has 24 heavy (non-hydrogen) atoms. The van der Waals surface area contributed by atoms with Crippen molar-refractivity contribution >= 4 is 8.32 Å². The molecule has 0 bridgehead atoms. The van der Waals surface area contributed by atoms with E-state index < -0.39 is 8.32 Å². The summed E-state index contributed by atoms with van der Waals surface area (Å²) in [5, 5.41) is 0.309. The summed E-state index contributed by atoms with van der Waals surface area (Å²) in [5.41, 5.74) is 0. The van der Waals surface area contributed by atoms with Crippen LogP contribution in [0.4, 0.5) is 0 Å². The molecule has 0 aliphatic rings. The second-order valence-electron chi connectivity index (χ2n) is 8.08. The highest BCUT2D eigenvalue weighted by Gasteiger charge is 2.36. The Morgan fingerprint density at radius 2 is 1.21 bits per heavy atom. The molecule has 0 aliphatic carbocycles. The van der Waals surface area contributed by atoms with Crippen molar-refractivity contribution in [1.29, 1.82) is 0 Å². The van der Waals surface area contributed by atoms with E-state index in [4.69, 9.17) is 4.43 Å². The molecule has 0 unspecified atom stereocenters. The molecule has 0 rings (SSSR count). The lowest BCUT2D eigenvalue weighted by Gasteiger charge is -2.36. The quantitative estimate of drug-likeness (QED) is 0.236.